The van der Waals surface area contributed by atoms with Gasteiger partial charge in [-0.05, 0) is 48.2 Å². The molecule has 2 heterocycles. The number of piperidine rings is 1. The number of hydrogen-bond acceptors (Lipinski definition) is 4. The highest BCUT2D eigenvalue weighted by Gasteiger charge is 2.49. The molecule has 170 valence electrons. The molecule has 4 atom stereocenters. The lowest BCUT2D eigenvalue weighted by molar-refractivity contribution is 0.1000. The summed E-state index contributed by atoms with van der Waals surface area (Å²) in [4.78, 5) is 14.4. The van der Waals surface area contributed by atoms with Crippen LogP contribution in [-0.4, -0.2) is 43.1 Å². The first-order valence-electron chi connectivity index (χ1n) is 11.7. The second-order valence-corrected chi connectivity index (χ2v) is 9.13. The number of fused-ring (bicyclic) bond motifs is 2. The first-order chi connectivity index (χ1) is 16.2. The predicted molar refractivity (Wildman–Crippen MR) is 130 cm³/mol. The van der Waals surface area contributed by atoms with Gasteiger partial charge in [0.15, 0.2) is 0 Å². The maximum atomic E-state index is 11.7. The molecule has 5 heteroatoms. The topological polar surface area (TPSA) is 67.6 Å². The van der Waals surface area contributed by atoms with Crippen LogP contribution in [0.5, 0.6) is 5.75 Å². The van der Waals surface area contributed by atoms with Gasteiger partial charge in [-0.25, -0.2) is 0 Å². The van der Waals surface area contributed by atoms with E-state index in [0.29, 0.717) is 30.1 Å². The van der Waals surface area contributed by atoms with E-state index in [1.807, 2.05) is 12.1 Å². The SMILES string of the molecule is COc1ccc(C(N)=O)cc1CNC1C2CCN(C2)C1C(c1ccccc1)c1ccccc1. The van der Waals surface area contributed by atoms with E-state index in [-0.39, 0.29) is 5.92 Å². The summed E-state index contributed by atoms with van der Waals surface area (Å²) in [5.41, 5.74) is 9.69. The lowest BCUT2D eigenvalue weighted by atomic mass is 9.78. The van der Waals surface area contributed by atoms with Crippen LogP contribution in [0, 0.1) is 5.92 Å². The van der Waals surface area contributed by atoms with E-state index in [0.717, 1.165) is 24.4 Å². The molecule has 0 aliphatic carbocycles. The Kier molecular flexibility index (Phi) is 6.16. The van der Waals surface area contributed by atoms with Crippen molar-refractivity contribution in [1.29, 1.82) is 0 Å². The molecule has 3 N–H and O–H groups in total. The molecule has 5 nitrogen and oxygen atoms in total. The van der Waals surface area contributed by atoms with Gasteiger partial charge in [0.25, 0.3) is 0 Å². The Bertz CT molecular complexity index is 1060. The third kappa shape index (κ3) is 4.26. The number of nitrogens with two attached hydrogens (primary N) is 1. The number of methoxy groups -OCH3 is 1. The molecular formula is C28H31N3O2. The van der Waals surface area contributed by atoms with Gasteiger partial charge < -0.3 is 15.8 Å². The van der Waals surface area contributed by atoms with Gasteiger partial charge >= 0.3 is 0 Å². The number of ether oxygens (including phenoxy) is 1. The van der Waals surface area contributed by atoms with Crippen molar-refractivity contribution in [3.63, 3.8) is 0 Å². The Morgan fingerprint density at radius 1 is 1.06 bits per heavy atom. The summed E-state index contributed by atoms with van der Waals surface area (Å²) in [5, 5.41) is 3.87. The standard InChI is InChI=1S/C28H31N3O2/c1-33-24-13-12-21(28(29)32)16-23(24)17-30-26-22-14-15-31(18-22)27(26)25(19-8-4-2-5-9-19)20-10-6-3-7-11-20/h2-13,16,22,25-27,30H,14-15,17-18H2,1H3,(H2,29,32). The summed E-state index contributed by atoms with van der Waals surface area (Å²) in [6, 6.07) is 27.8. The summed E-state index contributed by atoms with van der Waals surface area (Å²) >= 11 is 0. The van der Waals surface area contributed by atoms with Crippen molar-refractivity contribution in [2.75, 3.05) is 20.2 Å². The molecule has 3 aromatic carbocycles. The van der Waals surface area contributed by atoms with Crippen LogP contribution >= 0.6 is 0 Å². The second-order valence-electron chi connectivity index (χ2n) is 9.13. The molecule has 33 heavy (non-hydrogen) atoms. The fraction of sp³-hybridized carbons (Fsp3) is 0.321. The first kappa shape index (κ1) is 21.7. The highest BCUT2D eigenvalue weighted by molar-refractivity contribution is 5.93. The van der Waals surface area contributed by atoms with Gasteiger partial charge in [-0.3, -0.25) is 9.69 Å². The van der Waals surface area contributed by atoms with Gasteiger partial charge in [-0.1, -0.05) is 60.7 Å². The monoisotopic (exact) mass is 441 g/mol. The Hall–Kier alpha value is -3.15. The highest BCUT2D eigenvalue weighted by atomic mass is 16.5. The molecule has 5 rings (SSSR count). The molecule has 3 aromatic rings. The summed E-state index contributed by atoms with van der Waals surface area (Å²) in [6.07, 6.45) is 1.21. The van der Waals surface area contributed by atoms with Crippen molar-refractivity contribution >= 4 is 5.91 Å². The molecule has 0 radical (unpaired) electrons. The Morgan fingerprint density at radius 2 is 1.73 bits per heavy atom. The molecule has 2 aliphatic rings. The van der Waals surface area contributed by atoms with E-state index in [2.05, 4.69) is 70.9 Å². The van der Waals surface area contributed by atoms with Crippen LogP contribution in [0.15, 0.2) is 78.9 Å². The Morgan fingerprint density at radius 3 is 2.33 bits per heavy atom. The Balaban J connectivity index is 1.46. The lowest BCUT2D eigenvalue weighted by Gasteiger charge is -2.39. The van der Waals surface area contributed by atoms with Crippen molar-refractivity contribution in [2.24, 2.45) is 11.7 Å². The first-order valence-corrected chi connectivity index (χ1v) is 11.7. The zero-order valence-electron chi connectivity index (χ0n) is 19.0. The van der Waals surface area contributed by atoms with E-state index in [1.165, 1.54) is 17.5 Å². The molecular weight excluding hydrogens is 410 g/mol. The van der Waals surface area contributed by atoms with Crippen molar-refractivity contribution in [3.8, 4) is 5.75 Å². The maximum Gasteiger partial charge on any atom is 0.248 e. The molecule has 0 aromatic heterocycles. The molecule has 2 aliphatic heterocycles. The number of amides is 1. The normalized spacial score (nSPS) is 23.7. The van der Waals surface area contributed by atoms with Gasteiger partial charge in [0.2, 0.25) is 5.91 Å². The highest BCUT2D eigenvalue weighted by Crippen LogP contribution is 2.43. The van der Waals surface area contributed by atoms with Crippen molar-refractivity contribution in [2.45, 2.75) is 31.0 Å². The molecule has 2 saturated heterocycles. The van der Waals surface area contributed by atoms with Gasteiger partial charge in [0.05, 0.1) is 7.11 Å². The van der Waals surface area contributed by atoms with Crippen LogP contribution in [0.3, 0.4) is 0 Å². The molecule has 0 saturated carbocycles. The number of primary amides is 1. The molecule has 1 amide bonds. The van der Waals surface area contributed by atoms with Crippen LogP contribution in [0.1, 0.15) is 39.4 Å². The van der Waals surface area contributed by atoms with Gasteiger partial charge in [-0.15, -0.1) is 0 Å². The molecule has 2 bridgehead atoms. The number of rotatable bonds is 8. The van der Waals surface area contributed by atoms with E-state index in [1.54, 1.807) is 13.2 Å². The summed E-state index contributed by atoms with van der Waals surface area (Å²) in [7, 11) is 1.66. The minimum Gasteiger partial charge on any atom is -0.496 e. The quantitative estimate of drug-likeness (QED) is 0.558. The maximum absolute atomic E-state index is 11.7. The number of nitrogens with zero attached hydrogens (tertiary/aromatic N) is 1. The van der Waals surface area contributed by atoms with E-state index < -0.39 is 5.91 Å². The van der Waals surface area contributed by atoms with Crippen molar-refractivity contribution in [1.82, 2.24) is 10.2 Å². The number of hydrogen-bond donors (Lipinski definition) is 2. The summed E-state index contributed by atoms with van der Waals surface area (Å²) < 4.78 is 5.57. The van der Waals surface area contributed by atoms with Crippen molar-refractivity contribution in [3.05, 3.63) is 101 Å². The van der Waals surface area contributed by atoms with Crippen LogP contribution in [0.2, 0.25) is 0 Å². The molecule has 4 unspecified atom stereocenters. The molecule has 0 spiro atoms. The largest absolute Gasteiger partial charge is 0.496 e. The fourth-order valence-electron chi connectivity index (χ4n) is 5.80. The van der Waals surface area contributed by atoms with E-state index >= 15 is 0 Å². The van der Waals surface area contributed by atoms with Crippen LogP contribution < -0.4 is 15.8 Å². The smallest absolute Gasteiger partial charge is 0.248 e. The number of benzene rings is 3. The van der Waals surface area contributed by atoms with Crippen molar-refractivity contribution < 1.29 is 9.53 Å². The lowest BCUT2D eigenvalue weighted by Crippen LogP contribution is -2.51. The third-order valence-electron chi connectivity index (χ3n) is 7.31. The summed E-state index contributed by atoms with van der Waals surface area (Å²) in [5.74, 6) is 1.25. The zero-order valence-corrected chi connectivity index (χ0v) is 19.0. The number of carbonyl (C=O) groups excluding carboxylic acids is 1. The van der Waals surface area contributed by atoms with E-state index in [9.17, 15) is 4.79 Å². The predicted octanol–water partition coefficient (Wildman–Crippen LogP) is 3.79. The number of carbonyl (C=O) groups is 1. The zero-order chi connectivity index (χ0) is 22.8. The third-order valence-corrected chi connectivity index (χ3v) is 7.31. The molecule has 2 fully saturated rings. The Labute approximate surface area is 195 Å². The van der Waals surface area contributed by atoms with Crippen LogP contribution in [0.25, 0.3) is 0 Å². The van der Waals surface area contributed by atoms with Gasteiger partial charge in [0, 0.05) is 42.2 Å². The minimum atomic E-state index is -0.420. The fourth-order valence-corrected chi connectivity index (χ4v) is 5.80. The van der Waals surface area contributed by atoms with Crippen LogP contribution in [0.4, 0.5) is 0 Å². The number of nitrogens with one attached hydrogen (secondary N) is 1. The van der Waals surface area contributed by atoms with E-state index in [4.69, 9.17) is 10.5 Å². The minimum absolute atomic E-state index is 0.286. The van der Waals surface area contributed by atoms with Crippen LogP contribution in [-0.2, 0) is 6.54 Å². The average Bonchev–Trinajstić information content (AvgIpc) is 3.46. The van der Waals surface area contributed by atoms with Gasteiger partial charge in [0.1, 0.15) is 5.75 Å². The summed E-state index contributed by atoms with van der Waals surface area (Å²) in [6.45, 7) is 2.90. The average molecular weight is 442 g/mol. The van der Waals surface area contributed by atoms with Gasteiger partial charge in [-0.2, -0.15) is 0 Å². The second kappa shape index (κ2) is 9.38.